The van der Waals surface area contributed by atoms with Gasteiger partial charge in [-0.1, -0.05) is 6.07 Å². The van der Waals surface area contributed by atoms with Gasteiger partial charge in [0.2, 0.25) is 0 Å². The van der Waals surface area contributed by atoms with Gasteiger partial charge >= 0.3 is 0 Å². The Morgan fingerprint density at radius 2 is 2.11 bits per heavy atom. The van der Waals surface area contributed by atoms with Gasteiger partial charge in [0.05, 0.1) is 18.5 Å². The highest BCUT2D eigenvalue weighted by molar-refractivity contribution is 5.72. The van der Waals surface area contributed by atoms with E-state index in [-0.39, 0.29) is 0 Å². The number of nitrogens with zero attached hydrogens (tertiary/aromatic N) is 2. The molecule has 0 saturated carbocycles. The molecule has 19 heavy (non-hydrogen) atoms. The summed E-state index contributed by atoms with van der Waals surface area (Å²) in [6.07, 6.45) is 4.17. The van der Waals surface area contributed by atoms with E-state index in [9.17, 15) is 0 Å². The number of fused-ring (bicyclic) bond motifs is 5. The number of benzene rings is 1. The van der Waals surface area contributed by atoms with Gasteiger partial charge in [-0.05, 0) is 48.7 Å². The maximum absolute atomic E-state index is 5.30. The van der Waals surface area contributed by atoms with Gasteiger partial charge in [0, 0.05) is 11.8 Å². The lowest BCUT2D eigenvalue weighted by Gasteiger charge is -2.16. The van der Waals surface area contributed by atoms with Crippen LogP contribution in [0.25, 0.3) is 16.9 Å². The summed E-state index contributed by atoms with van der Waals surface area (Å²) in [7, 11) is 1.71. The predicted molar refractivity (Wildman–Crippen MR) is 74.6 cm³/mol. The topological polar surface area (TPSA) is 26.5 Å². The Morgan fingerprint density at radius 3 is 3.00 bits per heavy atom. The van der Waals surface area contributed by atoms with Crippen LogP contribution in [-0.2, 0) is 12.8 Å². The Bertz CT molecular complexity index is 774. The number of aromatic nitrogens is 2. The molecule has 2 aromatic heterocycles. The lowest BCUT2D eigenvalue weighted by molar-refractivity contribution is 0.414. The molecule has 3 heteroatoms. The van der Waals surface area contributed by atoms with Crippen LogP contribution in [0.1, 0.15) is 11.3 Å². The minimum absolute atomic E-state index is 0.922. The van der Waals surface area contributed by atoms with Crippen LogP contribution in [0, 0.1) is 0 Å². The highest BCUT2D eigenvalue weighted by Gasteiger charge is 2.21. The van der Waals surface area contributed by atoms with Gasteiger partial charge in [-0.25, -0.2) is 4.98 Å². The molecule has 0 radical (unpaired) electrons. The van der Waals surface area contributed by atoms with Gasteiger partial charge in [0.15, 0.2) is 0 Å². The fourth-order valence-electron chi connectivity index (χ4n) is 2.89. The fraction of sp³-hybridized carbons (Fsp3) is 0.188. The zero-order valence-corrected chi connectivity index (χ0v) is 10.8. The van der Waals surface area contributed by atoms with Crippen LogP contribution in [0.3, 0.4) is 0 Å². The molecular weight excluding hydrogens is 236 g/mol. The van der Waals surface area contributed by atoms with Crippen molar-refractivity contribution < 1.29 is 4.74 Å². The van der Waals surface area contributed by atoms with Crippen molar-refractivity contribution in [2.24, 2.45) is 0 Å². The molecule has 0 fully saturated rings. The van der Waals surface area contributed by atoms with E-state index >= 15 is 0 Å². The maximum Gasteiger partial charge on any atom is 0.137 e. The van der Waals surface area contributed by atoms with Crippen LogP contribution in [0.2, 0.25) is 0 Å². The van der Waals surface area contributed by atoms with Crippen molar-refractivity contribution in [2.45, 2.75) is 12.8 Å². The van der Waals surface area contributed by atoms with E-state index in [0.717, 1.165) is 29.9 Å². The highest BCUT2D eigenvalue weighted by Crippen LogP contribution is 2.35. The summed E-state index contributed by atoms with van der Waals surface area (Å²) in [6.45, 7) is 0. The summed E-state index contributed by atoms with van der Waals surface area (Å²) in [5.41, 5.74) is 6.03. The minimum Gasteiger partial charge on any atom is -0.497 e. The molecule has 0 saturated heterocycles. The molecule has 0 spiro atoms. The first-order valence-electron chi connectivity index (χ1n) is 6.50. The molecule has 0 atom stereocenters. The molecule has 94 valence electrons. The van der Waals surface area contributed by atoms with Crippen molar-refractivity contribution in [3.05, 3.63) is 53.9 Å². The average molecular weight is 250 g/mol. The number of pyridine rings is 1. The predicted octanol–water partition coefficient (Wildman–Crippen LogP) is 3.11. The largest absolute Gasteiger partial charge is 0.497 e. The van der Waals surface area contributed by atoms with Crippen molar-refractivity contribution in [2.75, 3.05) is 7.11 Å². The summed E-state index contributed by atoms with van der Waals surface area (Å²) < 4.78 is 7.50. The molecule has 3 nitrogen and oxygen atoms in total. The van der Waals surface area contributed by atoms with Crippen LogP contribution in [0.4, 0.5) is 0 Å². The molecule has 0 aliphatic heterocycles. The van der Waals surface area contributed by atoms with Gasteiger partial charge in [0.25, 0.3) is 0 Å². The van der Waals surface area contributed by atoms with E-state index in [4.69, 9.17) is 9.72 Å². The van der Waals surface area contributed by atoms with Crippen molar-refractivity contribution >= 4 is 5.65 Å². The van der Waals surface area contributed by atoms with E-state index in [1.54, 1.807) is 7.11 Å². The minimum atomic E-state index is 0.922. The highest BCUT2D eigenvalue weighted by atomic mass is 16.5. The van der Waals surface area contributed by atoms with Crippen molar-refractivity contribution in [1.82, 2.24) is 9.38 Å². The Morgan fingerprint density at radius 1 is 1.16 bits per heavy atom. The summed E-state index contributed by atoms with van der Waals surface area (Å²) in [4.78, 5) is 4.77. The number of methoxy groups -OCH3 is 1. The smallest absolute Gasteiger partial charge is 0.137 e. The second-order valence-electron chi connectivity index (χ2n) is 4.86. The van der Waals surface area contributed by atoms with Gasteiger partial charge in [-0.2, -0.15) is 0 Å². The Labute approximate surface area is 111 Å². The third-order valence-electron chi connectivity index (χ3n) is 3.83. The third kappa shape index (κ3) is 1.48. The standard InChI is InChI=1S/C16H14N2O/c1-19-12-6-7-13-11(10-12)5-8-14-16(13)17-15-4-2-3-9-18(14)15/h2-4,6-7,9-10H,5,8H2,1H3. The maximum atomic E-state index is 5.30. The molecule has 0 bridgehead atoms. The molecule has 0 unspecified atom stereocenters. The second kappa shape index (κ2) is 3.85. The van der Waals surface area contributed by atoms with Gasteiger partial charge in [0.1, 0.15) is 11.4 Å². The van der Waals surface area contributed by atoms with E-state index < -0.39 is 0 Å². The second-order valence-corrected chi connectivity index (χ2v) is 4.86. The number of rotatable bonds is 1. The average Bonchev–Trinajstić information content (AvgIpc) is 2.85. The molecule has 0 amide bonds. The van der Waals surface area contributed by atoms with Crippen LogP contribution >= 0.6 is 0 Å². The lowest BCUT2D eigenvalue weighted by Crippen LogP contribution is -2.05. The van der Waals surface area contributed by atoms with Crippen LogP contribution in [0.5, 0.6) is 5.75 Å². The number of ether oxygens (including phenoxy) is 1. The Balaban J connectivity index is 1.99. The summed E-state index contributed by atoms with van der Waals surface area (Å²) in [5.74, 6) is 0.922. The third-order valence-corrected chi connectivity index (χ3v) is 3.83. The van der Waals surface area contributed by atoms with Crippen molar-refractivity contribution in [1.29, 1.82) is 0 Å². The van der Waals surface area contributed by atoms with E-state index in [1.165, 1.54) is 16.8 Å². The number of hydrogen-bond donors (Lipinski definition) is 0. The zero-order valence-electron chi connectivity index (χ0n) is 10.8. The summed E-state index contributed by atoms with van der Waals surface area (Å²) >= 11 is 0. The normalized spacial score (nSPS) is 13.1. The first kappa shape index (κ1) is 10.6. The van der Waals surface area contributed by atoms with Gasteiger partial charge in [-0.15, -0.1) is 0 Å². The fourth-order valence-corrected chi connectivity index (χ4v) is 2.89. The molecular formula is C16H14N2O. The van der Waals surface area contributed by atoms with Gasteiger partial charge in [-0.3, -0.25) is 0 Å². The van der Waals surface area contributed by atoms with Crippen LogP contribution < -0.4 is 4.74 Å². The Hall–Kier alpha value is -2.29. The molecule has 1 aromatic carbocycles. The monoisotopic (exact) mass is 250 g/mol. The van der Waals surface area contributed by atoms with Crippen molar-refractivity contribution in [3.63, 3.8) is 0 Å². The van der Waals surface area contributed by atoms with E-state index in [1.807, 2.05) is 12.1 Å². The Kier molecular flexibility index (Phi) is 2.15. The molecule has 0 N–H and O–H groups in total. The number of aryl methyl sites for hydroxylation is 2. The van der Waals surface area contributed by atoms with Crippen molar-refractivity contribution in [3.8, 4) is 17.0 Å². The molecule has 3 aromatic rings. The summed E-state index contributed by atoms with van der Waals surface area (Å²) in [5, 5.41) is 0. The molecule has 4 rings (SSSR count). The van der Waals surface area contributed by atoms with Crippen LogP contribution in [0.15, 0.2) is 42.6 Å². The van der Waals surface area contributed by atoms with Crippen LogP contribution in [-0.4, -0.2) is 16.5 Å². The lowest BCUT2D eigenvalue weighted by atomic mass is 9.92. The first-order valence-corrected chi connectivity index (χ1v) is 6.50. The zero-order chi connectivity index (χ0) is 12.8. The number of imidazole rings is 1. The molecule has 2 heterocycles. The first-order chi connectivity index (χ1) is 9.36. The van der Waals surface area contributed by atoms with E-state index in [0.29, 0.717) is 0 Å². The SMILES string of the molecule is COc1ccc2c(c1)CCc1c-2nc2ccccn12. The summed E-state index contributed by atoms with van der Waals surface area (Å²) in [6, 6.07) is 12.4. The number of hydrogen-bond acceptors (Lipinski definition) is 2. The van der Waals surface area contributed by atoms with E-state index in [2.05, 4.69) is 34.9 Å². The molecule has 1 aliphatic carbocycles. The van der Waals surface area contributed by atoms with Gasteiger partial charge < -0.3 is 9.14 Å². The quantitative estimate of drug-likeness (QED) is 0.663. The molecule has 1 aliphatic rings.